The molecular weight excluding hydrogens is 519 g/mol. The van der Waals surface area contributed by atoms with Gasteiger partial charge in [0, 0.05) is 13.3 Å². The van der Waals surface area contributed by atoms with Gasteiger partial charge in [-0.3, -0.25) is 4.79 Å². The SMILES string of the molecule is COC[C@H](c1ccnc(NC(=O)C(NC(=O)OC(C)(C)C)C2CCC(C)CC2)c1)N1C[C@@H](C(F)(F)F)NC1=O. The molecule has 3 rings (SSSR count). The highest BCUT2D eigenvalue weighted by Gasteiger charge is 2.48. The number of rotatable bonds is 8. The molecular formula is C26H38F3N5O5. The van der Waals surface area contributed by atoms with Crippen LogP contribution < -0.4 is 16.0 Å². The Bertz CT molecular complexity index is 1020. The van der Waals surface area contributed by atoms with Crippen LogP contribution in [0.3, 0.4) is 0 Å². The summed E-state index contributed by atoms with van der Waals surface area (Å²) in [6, 6.07) is -1.55. The zero-order chi connectivity index (χ0) is 29.0. The number of ether oxygens (including phenoxy) is 2. The lowest BCUT2D eigenvalue weighted by molar-refractivity contribution is -0.150. The summed E-state index contributed by atoms with van der Waals surface area (Å²) < 4.78 is 50.3. The number of nitrogens with one attached hydrogen (secondary N) is 3. The van der Waals surface area contributed by atoms with Gasteiger partial charge in [0.1, 0.15) is 23.5 Å². The molecule has 2 aliphatic rings. The van der Waals surface area contributed by atoms with Crippen molar-refractivity contribution in [3.8, 4) is 0 Å². The Labute approximate surface area is 226 Å². The normalized spacial score (nSPS) is 23.5. The van der Waals surface area contributed by atoms with Gasteiger partial charge >= 0.3 is 18.3 Å². The first-order valence-electron chi connectivity index (χ1n) is 13.1. The van der Waals surface area contributed by atoms with Crippen molar-refractivity contribution < 1.29 is 37.0 Å². The third-order valence-corrected chi connectivity index (χ3v) is 6.94. The van der Waals surface area contributed by atoms with Crippen LogP contribution in [-0.4, -0.2) is 72.0 Å². The molecule has 1 aliphatic carbocycles. The van der Waals surface area contributed by atoms with E-state index in [1.165, 1.54) is 19.4 Å². The molecule has 0 spiro atoms. The number of alkyl halides is 3. The number of hydrogen-bond acceptors (Lipinski definition) is 6. The van der Waals surface area contributed by atoms with E-state index in [0.29, 0.717) is 11.5 Å². The molecule has 13 heteroatoms. The standard InChI is InChI=1S/C26H38F3N5O5/c1-15-6-8-16(9-7-15)21(33-24(37)39-25(2,3)4)22(35)32-20-12-17(10-11-30-20)18(14-38-5)34-13-19(26(27,28)29)31-23(34)36/h10-12,15-16,18-19,21H,6-9,13-14H2,1-5H3,(H,31,36)(H,33,37)(H,30,32,35)/t15?,16?,18-,19+,21?/m1/s1. The Morgan fingerprint density at radius 1 is 1.21 bits per heavy atom. The van der Waals surface area contributed by atoms with Crippen LogP contribution in [0.1, 0.15) is 65.0 Å². The number of pyridine rings is 1. The topological polar surface area (TPSA) is 122 Å². The molecule has 218 valence electrons. The number of nitrogens with zero attached hydrogens (tertiary/aromatic N) is 2. The molecule has 2 heterocycles. The average Bonchev–Trinajstić information content (AvgIpc) is 3.22. The van der Waals surface area contributed by atoms with Crippen molar-refractivity contribution in [3.63, 3.8) is 0 Å². The van der Waals surface area contributed by atoms with E-state index in [1.54, 1.807) is 26.8 Å². The van der Waals surface area contributed by atoms with Gasteiger partial charge < -0.3 is 30.3 Å². The van der Waals surface area contributed by atoms with Crippen LogP contribution in [0.2, 0.25) is 0 Å². The predicted octanol–water partition coefficient (Wildman–Crippen LogP) is 4.38. The summed E-state index contributed by atoms with van der Waals surface area (Å²) in [5.74, 6) is 0.0724. The van der Waals surface area contributed by atoms with Crippen molar-refractivity contribution >= 4 is 23.8 Å². The minimum absolute atomic E-state index is 0.0710. The number of carbonyl (C=O) groups is 3. The van der Waals surface area contributed by atoms with E-state index in [0.717, 1.165) is 30.6 Å². The van der Waals surface area contributed by atoms with Crippen molar-refractivity contribution in [1.82, 2.24) is 20.5 Å². The second-order valence-corrected chi connectivity index (χ2v) is 11.3. The molecule has 1 aromatic heterocycles. The van der Waals surface area contributed by atoms with Crippen LogP contribution >= 0.6 is 0 Å². The quantitative estimate of drug-likeness (QED) is 0.436. The van der Waals surface area contributed by atoms with E-state index in [9.17, 15) is 27.6 Å². The van der Waals surface area contributed by atoms with Crippen LogP contribution in [0, 0.1) is 11.8 Å². The Morgan fingerprint density at radius 2 is 1.87 bits per heavy atom. The van der Waals surface area contributed by atoms with Crippen molar-refractivity contribution in [2.75, 3.05) is 25.6 Å². The second kappa shape index (κ2) is 12.4. The van der Waals surface area contributed by atoms with Gasteiger partial charge in [0.25, 0.3) is 0 Å². The largest absolute Gasteiger partial charge is 0.444 e. The van der Waals surface area contributed by atoms with E-state index < -0.39 is 54.5 Å². The summed E-state index contributed by atoms with van der Waals surface area (Å²) in [5.41, 5.74) is -0.311. The molecule has 1 saturated carbocycles. The predicted molar refractivity (Wildman–Crippen MR) is 137 cm³/mol. The zero-order valence-electron chi connectivity index (χ0n) is 22.9. The van der Waals surface area contributed by atoms with Gasteiger partial charge in [-0.2, -0.15) is 13.2 Å². The van der Waals surface area contributed by atoms with E-state index in [4.69, 9.17) is 9.47 Å². The monoisotopic (exact) mass is 557 g/mol. The smallest absolute Gasteiger partial charge is 0.410 e. The number of anilines is 1. The van der Waals surface area contributed by atoms with Crippen molar-refractivity contribution in [3.05, 3.63) is 23.9 Å². The van der Waals surface area contributed by atoms with E-state index in [1.807, 2.05) is 5.32 Å². The summed E-state index contributed by atoms with van der Waals surface area (Å²) in [6.07, 6.45) is -0.552. The number of methoxy groups -OCH3 is 1. The van der Waals surface area contributed by atoms with E-state index >= 15 is 0 Å². The van der Waals surface area contributed by atoms with Gasteiger partial charge in [0.2, 0.25) is 5.91 Å². The van der Waals surface area contributed by atoms with Crippen LogP contribution in [0.25, 0.3) is 0 Å². The van der Waals surface area contributed by atoms with Crippen LogP contribution in [0.4, 0.5) is 28.6 Å². The number of aromatic nitrogens is 1. The average molecular weight is 558 g/mol. The Balaban J connectivity index is 1.79. The number of urea groups is 1. The molecule has 1 unspecified atom stereocenters. The summed E-state index contributed by atoms with van der Waals surface area (Å²) in [4.78, 5) is 43.6. The highest BCUT2D eigenvalue weighted by atomic mass is 19.4. The van der Waals surface area contributed by atoms with Crippen LogP contribution in [-0.2, 0) is 14.3 Å². The minimum Gasteiger partial charge on any atom is -0.444 e. The molecule has 3 N–H and O–H groups in total. The fourth-order valence-corrected chi connectivity index (χ4v) is 4.91. The van der Waals surface area contributed by atoms with E-state index in [2.05, 4.69) is 22.5 Å². The lowest BCUT2D eigenvalue weighted by Gasteiger charge is -2.33. The fourth-order valence-electron chi connectivity index (χ4n) is 4.91. The number of hydrogen-bond donors (Lipinski definition) is 3. The molecule has 4 amide bonds. The number of carbonyl (C=O) groups excluding carboxylic acids is 3. The van der Waals surface area contributed by atoms with Crippen LogP contribution in [0.15, 0.2) is 18.3 Å². The van der Waals surface area contributed by atoms with Gasteiger partial charge in [-0.25, -0.2) is 14.6 Å². The van der Waals surface area contributed by atoms with Crippen LogP contribution in [0.5, 0.6) is 0 Å². The number of alkyl carbamates (subject to hydrolysis) is 1. The lowest BCUT2D eigenvalue weighted by atomic mass is 9.79. The maximum Gasteiger partial charge on any atom is 0.410 e. The summed E-state index contributed by atoms with van der Waals surface area (Å²) in [5, 5.41) is 7.40. The third-order valence-electron chi connectivity index (χ3n) is 6.94. The summed E-state index contributed by atoms with van der Waals surface area (Å²) >= 11 is 0. The van der Waals surface area contributed by atoms with Gasteiger partial charge in [-0.15, -0.1) is 0 Å². The first kappa shape index (κ1) is 30.5. The summed E-state index contributed by atoms with van der Waals surface area (Å²) in [6.45, 7) is 6.69. The van der Waals surface area contributed by atoms with E-state index in [-0.39, 0.29) is 18.3 Å². The number of halogens is 3. The van der Waals surface area contributed by atoms with Gasteiger partial charge in [0.15, 0.2) is 0 Å². The van der Waals surface area contributed by atoms with Gasteiger partial charge in [0.05, 0.1) is 19.2 Å². The Kier molecular flexibility index (Phi) is 9.68. The maximum atomic E-state index is 13.4. The van der Waals surface area contributed by atoms with Gasteiger partial charge in [-0.05, 0) is 63.1 Å². The van der Waals surface area contributed by atoms with Gasteiger partial charge in [-0.1, -0.05) is 19.8 Å². The summed E-state index contributed by atoms with van der Waals surface area (Å²) in [7, 11) is 1.38. The highest BCUT2D eigenvalue weighted by molar-refractivity contribution is 5.96. The first-order chi connectivity index (χ1) is 18.2. The Morgan fingerprint density at radius 3 is 2.44 bits per heavy atom. The fraction of sp³-hybridized carbons (Fsp3) is 0.692. The molecule has 0 aromatic carbocycles. The van der Waals surface area contributed by atoms with Crippen molar-refractivity contribution in [2.24, 2.45) is 11.8 Å². The zero-order valence-corrected chi connectivity index (χ0v) is 22.9. The second-order valence-electron chi connectivity index (χ2n) is 11.3. The Hall–Kier alpha value is -3.09. The van der Waals surface area contributed by atoms with Crippen molar-refractivity contribution in [2.45, 2.75) is 83.3 Å². The third kappa shape index (κ3) is 8.45. The van der Waals surface area contributed by atoms with Crippen molar-refractivity contribution in [1.29, 1.82) is 0 Å². The molecule has 3 atom stereocenters. The molecule has 1 aromatic rings. The molecule has 1 saturated heterocycles. The first-order valence-corrected chi connectivity index (χ1v) is 13.1. The molecule has 1 aliphatic heterocycles. The lowest BCUT2D eigenvalue weighted by Crippen LogP contribution is -2.50. The number of amides is 4. The minimum atomic E-state index is -4.59. The molecule has 0 bridgehead atoms. The molecule has 0 radical (unpaired) electrons. The maximum absolute atomic E-state index is 13.4. The highest BCUT2D eigenvalue weighted by Crippen LogP contribution is 2.32. The molecule has 10 nitrogen and oxygen atoms in total. The molecule has 39 heavy (non-hydrogen) atoms. The molecule has 2 fully saturated rings.